The molecule has 0 aliphatic heterocycles. The summed E-state index contributed by atoms with van der Waals surface area (Å²) in [4.78, 5) is 8.85. The Bertz CT molecular complexity index is 834. The van der Waals surface area contributed by atoms with Gasteiger partial charge in [-0.05, 0) is 50.3 Å². The van der Waals surface area contributed by atoms with E-state index in [0.717, 1.165) is 36.5 Å². The van der Waals surface area contributed by atoms with E-state index in [-0.39, 0.29) is 0 Å². The number of aromatic nitrogens is 4. The number of hydrogen-bond donors (Lipinski definition) is 1. The van der Waals surface area contributed by atoms with Gasteiger partial charge >= 0.3 is 0 Å². The molecule has 0 saturated heterocycles. The highest BCUT2D eigenvalue weighted by molar-refractivity contribution is 5.66. The molecule has 21 heavy (non-hydrogen) atoms. The summed E-state index contributed by atoms with van der Waals surface area (Å²) in [6.45, 7) is 4.22. The molecule has 0 amide bonds. The van der Waals surface area contributed by atoms with Crippen molar-refractivity contribution in [2.75, 3.05) is 5.32 Å². The van der Waals surface area contributed by atoms with Crippen LogP contribution in [0.4, 0.5) is 11.5 Å². The molecule has 0 bridgehead atoms. The molecule has 0 radical (unpaired) electrons. The number of anilines is 2. The largest absolute Gasteiger partial charge is 0.340 e. The van der Waals surface area contributed by atoms with E-state index in [4.69, 9.17) is 0 Å². The second-order valence-electron chi connectivity index (χ2n) is 5.65. The Morgan fingerprint density at radius 1 is 1.19 bits per heavy atom. The summed E-state index contributed by atoms with van der Waals surface area (Å²) in [6.07, 6.45) is 4.79. The van der Waals surface area contributed by atoms with Crippen LogP contribution in [0.25, 0.3) is 5.78 Å². The van der Waals surface area contributed by atoms with Crippen LogP contribution in [0, 0.1) is 13.8 Å². The number of nitrogens with one attached hydrogen (secondary N) is 1. The van der Waals surface area contributed by atoms with Gasteiger partial charge in [-0.3, -0.25) is 0 Å². The number of nitrogens with zero attached hydrogens (tertiary/aromatic N) is 4. The summed E-state index contributed by atoms with van der Waals surface area (Å²) in [5, 5.41) is 7.89. The van der Waals surface area contributed by atoms with E-state index in [0.29, 0.717) is 5.78 Å². The molecule has 106 valence electrons. The summed E-state index contributed by atoms with van der Waals surface area (Å²) >= 11 is 0. The van der Waals surface area contributed by atoms with Gasteiger partial charge in [0.1, 0.15) is 12.1 Å². The zero-order valence-corrected chi connectivity index (χ0v) is 12.2. The zero-order chi connectivity index (χ0) is 14.4. The maximum atomic E-state index is 4.61. The average Bonchev–Trinajstić information content (AvgIpc) is 3.10. The van der Waals surface area contributed by atoms with Gasteiger partial charge in [-0.15, -0.1) is 0 Å². The quantitative estimate of drug-likeness (QED) is 0.783. The third-order valence-electron chi connectivity index (χ3n) is 4.10. The van der Waals surface area contributed by atoms with Crippen molar-refractivity contribution in [2.24, 2.45) is 0 Å². The van der Waals surface area contributed by atoms with Crippen LogP contribution in [0.1, 0.15) is 28.8 Å². The smallest absolute Gasteiger partial charge is 0.254 e. The molecule has 2 aromatic heterocycles. The summed E-state index contributed by atoms with van der Waals surface area (Å²) in [6, 6.07) is 6.43. The fourth-order valence-corrected chi connectivity index (χ4v) is 2.95. The van der Waals surface area contributed by atoms with E-state index >= 15 is 0 Å². The van der Waals surface area contributed by atoms with Crippen LogP contribution in [-0.2, 0) is 12.8 Å². The maximum Gasteiger partial charge on any atom is 0.254 e. The Labute approximate surface area is 123 Å². The molecule has 1 N–H and O–H groups in total. The molecule has 3 aromatic rings. The molecule has 1 aliphatic rings. The van der Waals surface area contributed by atoms with Crippen molar-refractivity contribution in [3.8, 4) is 0 Å². The average molecular weight is 279 g/mol. The first kappa shape index (κ1) is 12.3. The molecule has 1 aliphatic carbocycles. The molecule has 0 atom stereocenters. The van der Waals surface area contributed by atoms with Crippen LogP contribution < -0.4 is 5.32 Å². The monoisotopic (exact) mass is 279 g/mol. The molecule has 5 nitrogen and oxygen atoms in total. The lowest BCUT2D eigenvalue weighted by Crippen LogP contribution is -2.07. The number of fused-ring (bicyclic) bond motifs is 2. The van der Waals surface area contributed by atoms with Gasteiger partial charge < -0.3 is 5.32 Å². The van der Waals surface area contributed by atoms with Gasteiger partial charge in [-0.2, -0.15) is 14.6 Å². The Morgan fingerprint density at radius 3 is 3.00 bits per heavy atom. The van der Waals surface area contributed by atoms with E-state index in [1.807, 2.05) is 4.52 Å². The van der Waals surface area contributed by atoms with E-state index in [1.54, 1.807) is 6.33 Å². The lowest BCUT2D eigenvalue weighted by Gasteiger charge is -2.14. The number of hydrogen-bond acceptors (Lipinski definition) is 4. The molecule has 0 spiro atoms. The highest BCUT2D eigenvalue weighted by Gasteiger charge is 2.21. The van der Waals surface area contributed by atoms with Gasteiger partial charge in [0.25, 0.3) is 5.78 Å². The molecule has 0 unspecified atom stereocenters. The predicted molar refractivity (Wildman–Crippen MR) is 82.0 cm³/mol. The Morgan fingerprint density at radius 2 is 2.10 bits per heavy atom. The number of aryl methyl sites for hydroxylation is 3. The minimum absolute atomic E-state index is 0.670. The van der Waals surface area contributed by atoms with Gasteiger partial charge in [0.05, 0.1) is 5.69 Å². The predicted octanol–water partition coefficient (Wildman–Crippen LogP) is 2.97. The van der Waals surface area contributed by atoms with Gasteiger partial charge in [-0.1, -0.05) is 12.1 Å². The Kier molecular flexibility index (Phi) is 2.67. The Hall–Kier alpha value is -2.43. The van der Waals surface area contributed by atoms with Crippen molar-refractivity contribution in [1.82, 2.24) is 19.6 Å². The molecular formula is C16H17N5. The van der Waals surface area contributed by atoms with Crippen LogP contribution in [-0.4, -0.2) is 19.6 Å². The SMILES string of the molecule is Cc1ccc(C)c(Nc2c3c(nc4ncnn24)CCC3)c1. The van der Waals surface area contributed by atoms with Crippen molar-refractivity contribution in [3.05, 3.63) is 46.9 Å². The fraction of sp³-hybridized carbons (Fsp3) is 0.312. The topological polar surface area (TPSA) is 55.1 Å². The first-order valence-corrected chi connectivity index (χ1v) is 7.28. The fourth-order valence-electron chi connectivity index (χ4n) is 2.95. The molecule has 1 aromatic carbocycles. The summed E-state index contributed by atoms with van der Waals surface area (Å²) in [7, 11) is 0. The van der Waals surface area contributed by atoms with Crippen LogP contribution in [0.3, 0.4) is 0 Å². The standard InChI is InChI=1S/C16H17N5/c1-10-6-7-11(2)14(8-10)19-15-12-4-3-5-13(12)20-16-17-9-18-21(15)16/h6-9,19H,3-5H2,1-2H3. The van der Waals surface area contributed by atoms with Crippen LogP contribution in [0.15, 0.2) is 24.5 Å². The van der Waals surface area contributed by atoms with E-state index in [2.05, 4.69) is 52.4 Å². The van der Waals surface area contributed by atoms with Crippen molar-refractivity contribution in [3.63, 3.8) is 0 Å². The summed E-state index contributed by atoms with van der Waals surface area (Å²) in [5.41, 5.74) is 6.00. The number of rotatable bonds is 2. The third-order valence-corrected chi connectivity index (χ3v) is 4.10. The van der Waals surface area contributed by atoms with Crippen molar-refractivity contribution >= 4 is 17.3 Å². The normalized spacial score (nSPS) is 13.6. The van der Waals surface area contributed by atoms with Crippen LogP contribution >= 0.6 is 0 Å². The molecular weight excluding hydrogens is 262 g/mol. The minimum atomic E-state index is 0.670. The minimum Gasteiger partial charge on any atom is -0.340 e. The lowest BCUT2D eigenvalue weighted by molar-refractivity contribution is 0.900. The molecule has 0 fully saturated rings. The lowest BCUT2D eigenvalue weighted by atomic mass is 10.1. The second-order valence-corrected chi connectivity index (χ2v) is 5.65. The number of benzene rings is 1. The first-order chi connectivity index (χ1) is 10.2. The Balaban J connectivity index is 1.90. The molecule has 4 rings (SSSR count). The molecule has 0 saturated carbocycles. The summed E-state index contributed by atoms with van der Waals surface area (Å²) in [5.74, 6) is 1.68. The van der Waals surface area contributed by atoms with Gasteiger partial charge in [-0.25, -0.2) is 4.98 Å². The maximum absolute atomic E-state index is 4.61. The van der Waals surface area contributed by atoms with Crippen LogP contribution in [0.5, 0.6) is 0 Å². The molecule has 2 heterocycles. The molecule has 5 heteroatoms. The summed E-state index contributed by atoms with van der Waals surface area (Å²) < 4.78 is 1.81. The van der Waals surface area contributed by atoms with Crippen molar-refractivity contribution < 1.29 is 0 Å². The first-order valence-electron chi connectivity index (χ1n) is 7.28. The van der Waals surface area contributed by atoms with Gasteiger partial charge in [0.15, 0.2) is 0 Å². The van der Waals surface area contributed by atoms with Gasteiger partial charge in [0, 0.05) is 11.3 Å². The van der Waals surface area contributed by atoms with E-state index < -0.39 is 0 Å². The third kappa shape index (κ3) is 1.96. The van der Waals surface area contributed by atoms with Crippen molar-refractivity contribution in [1.29, 1.82) is 0 Å². The highest BCUT2D eigenvalue weighted by atomic mass is 15.4. The second kappa shape index (κ2) is 4.55. The van der Waals surface area contributed by atoms with Gasteiger partial charge in [0.2, 0.25) is 0 Å². The highest BCUT2D eigenvalue weighted by Crippen LogP contribution is 2.31. The van der Waals surface area contributed by atoms with E-state index in [1.165, 1.54) is 16.7 Å². The van der Waals surface area contributed by atoms with Crippen LogP contribution in [0.2, 0.25) is 0 Å². The zero-order valence-electron chi connectivity index (χ0n) is 12.2. The van der Waals surface area contributed by atoms with E-state index in [9.17, 15) is 0 Å². The van der Waals surface area contributed by atoms with Crippen molar-refractivity contribution in [2.45, 2.75) is 33.1 Å².